The molecule has 0 saturated carbocycles. The van der Waals surface area contributed by atoms with E-state index in [4.69, 9.17) is 14.6 Å². The largest absolute Gasteiger partial charge is 0.507 e. The lowest BCUT2D eigenvalue weighted by atomic mass is 10.1. The molecule has 0 aromatic heterocycles. The first kappa shape index (κ1) is 10.3. The fourth-order valence-corrected chi connectivity index (χ4v) is 1.38. The zero-order chi connectivity index (χ0) is 11.7. The molecule has 0 fully saturated rings. The molecule has 0 spiro atoms. The third kappa shape index (κ3) is 1.65. The third-order valence-electron chi connectivity index (χ3n) is 2.10. The molecule has 1 aromatic carbocycles. The van der Waals surface area contributed by atoms with Gasteiger partial charge >= 0.3 is 5.97 Å². The van der Waals surface area contributed by atoms with Crippen molar-refractivity contribution >= 4 is 11.8 Å². The van der Waals surface area contributed by atoms with Gasteiger partial charge in [-0.2, -0.15) is 0 Å². The SMILES string of the molecule is O=C(O)C(=O)c1cc2c(cc1O)OCCO2. The van der Waals surface area contributed by atoms with Gasteiger partial charge in [-0.3, -0.25) is 4.79 Å². The number of hydrogen-bond acceptors (Lipinski definition) is 5. The number of ether oxygens (including phenoxy) is 2. The van der Waals surface area contributed by atoms with Crippen molar-refractivity contribution in [2.24, 2.45) is 0 Å². The summed E-state index contributed by atoms with van der Waals surface area (Å²) in [6.07, 6.45) is 0. The summed E-state index contributed by atoms with van der Waals surface area (Å²) in [4.78, 5) is 21.7. The molecule has 0 unspecified atom stereocenters. The molecule has 2 N–H and O–H groups in total. The number of carbonyl (C=O) groups is 2. The maximum absolute atomic E-state index is 11.2. The molecule has 0 amide bonds. The average molecular weight is 224 g/mol. The van der Waals surface area contributed by atoms with Gasteiger partial charge in [-0.15, -0.1) is 0 Å². The minimum absolute atomic E-state index is 0.258. The van der Waals surface area contributed by atoms with Crippen molar-refractivity contribution in [2.75, 3.05) is 13.2 Å². The molecule has 1 aliphatic rings. The lowest BCUT2D eigenvalue weighted by Crippen LogP contribution is -2.17. The highest BCUT2D eigenvalue weighted by atomic mass is 16.6. The number of aliphatic carboxylic acids is 1. The second kappa shape index (κ2) is 3.73. The van der Waals surface area contributed by atoms with Crippen LogP contribution in [0.15, 0.2) is 12.1 Å². The molecule has 6 heteroatoms. The fraction of sp³-hybridized carbons (Fsp3) is 0.200. The Bertz CT molecular complexity index is 465. The quantitative estimate of drug-likeness (QED) is 0.559. The van der Waals surface area contributed by atoms with Gasteiger partial charge in [0.15, 0.2) is 11.5 Å². The summed E-state index contributed by atoms with van der Waals surface area (Å²) in [5, 5.41) is 18.0. The van der Waals surface area contributed by atoms with E-state index in [9.17, 15) is 14.7 Å². The topological polar surface area (TPSA) is 93.1 Å². The fourth-order valence-electron chi connectivity index (χ4n) is 1.38. The van der Waals surface area contributed by atoms with Crippen LogP contribution in [0.5, 0.6) is 17.2 Å². The predicted octanol–water partition coefficient (Wildman–Crippen LogP) is 0.431. The Kier molecular flexibility index (Phi) is 2.40. The van der Waals surface area contributed by atoms with Crippen LogP contribution in [0.4, 0.5) is 0 Å². The van der Waals surface area contributed by atoms with Crippen LogP contribution in [-0.2, 0) is 4.79 Å². The highest BCUT2D eigenvalue weighted by Crippen LogP contribution is 2.36. The summed E-state index contributed by atoms with van der Waals surface area (Å²) in [7, 11) is 0. The van der Waals surface area contributed by atoms with Crippen molar-refractivity contribution in [3.05, 3.63) is 17.7 Å². The van der Waals surface area contributed by atoms with Crippen LogP contribution in [0, 0.1) is 0 Å². The Morgan fingerprint density at radius 2 is 1.69 bits per heavy atom. The molecule has 16 heavy (non-hydrogen) atoms. The van der Waals surface area contributed by atoms with Gasteiger partial charge in [-0.1, -0.05) is 0 Å². The van der Waals surface area contributed by atoms with Crippen LogP contribution in [-0.4, -0.2) is 35.2 Å². The van der Waals surface area contributed by atoms with E-state index < -0.39 is 17.5 Å². The molecule has 0 radical (unpaired) electrons. The highest BCUT2D eigenvalue weighted by molar-refractivity contribution is 6.40. The van der Waals surface area contributed by atoms with Crippen molar-refractivity contribution in [3.63, 3.8) is 0 Å². The highest BCUT2D eigenvalue weighted by Gasteiger charge is 2.23. The number of rotatable bonds is 2. The van der Waals surface area contributed by atoms with Gasteiger partial charge in [0.25, 0.3) is 5.78 Å². The Morgan fingerprint density at radius 1 is 1.12 bits per heavy atom. The van der Waals surface area contributed by atoms with E-state index >= 15 is 0 Å². The van der Waals surface area contributed by atoms with Gasteiger partial charge in [0.05, 0.1) is 5.56 Å². The van der Waals surface area contributed by atoms with E-state index in [2.05, 4.69) is 0 Å². The number of hydrogen-bond donors (Lipinski definition) is 2. The number of carboxylic acid groups (broad SMARTS) is 1. The Labute approximate surface area is 90.0 Å². The summed E-state index contributed by atoms with van der Waals surface area (Å²) in [5.41, 5.74) is -0.309. The molecule has 0 atom stereocenters. The molecule has 1 aliphatic heterocycles. The summed E-state index contributed by atoms with van der Waals surface area (Å²) in [5.74, 6) is -2.70. The minimum Gasteiger partial charge on any atom is -0.507 e. The second-order valence-corrected chi connectivity index (χ2v) is 3.15. The number of phenolic OH excluding ortho intramolecular Hbond substituents is 1. The third-order valence-corrected chi connectivity index (χ3v) is 2.10. The number of carboxylic acids is 1. The van der Waals surface area contributed by atoms with Gasteiger partial charge in [-0.05, 0) is 6.07 Å². The van der Waals surface area contributed by atoms with Crippen molar-refractivity contribution in [1.29, 1.82) is 0 Å². The van der Waals surface area contributed by atoms with Crippen LogP contribution in [0.1, 0.15) is 10.4 Å². The molecule has 1 heterocycles. The molecule has 2 rings (SSSR count). The second-order valence-electron chi connectivity index (χ2n) is 3.15. The molecule has 0 aliphatic carbocycles. The van der Waals surface area contributed by atoms with E-state index in [1.165, 1.54) is 12.1 Å². The van der Waals surface area contributed by atoms with Crippen molar-refractivity contribution in [2.45, 2.75) is 0 Å². The average Bonchev–Trinajstić information content (AvgIpc) is 2.27. The lowest BCUT2D eigenvalue weighted by molar-refractivity contribution is -0.131. The lowest BCUT2D eigenvalue weighted by Gasteiger charge is -2.19. The van der Waals surface area contributed by atoms with E-state index in [0.717, 1.165) is 0 Å². The van der Waals surface area contributed by atoms with E-state index in [0.29, 0.717) is 19.0 Å². The van der Waals surface area contributed by atoms with Gasteiger partial charge in [0, 0.05) is 6.07 Å². The first-order valence-corrected chi connectivity index (χ1v) is 4.50. The predicted molar refractivity (Wildman–Crippen MR) is 51.1 cm³/mol. The van der Waals surface area contributed by atoms with Crippen LogP contribution in [0.2, 0.25) is 0 Å². The molecule has 0 saturated heterocycles. The smallest absolute Gasteiger partial charge is 0.377 e. The number of carbonyl (C=O) groups excluding carboxylic acids is 1. The molecule has 0 bridgehead atoms. The number of benzene rings is 1. The Balaban J connectivity index is 2.47. The van der Waals surface area contributed by atoms with Crippen molar-refractivity contribution in [3.8, 4) is 17.2 Å². The van der Waals surface area contributed by atoms with Gasteiger partial charge < -0.3 is 19.7 Å². The Morgan fingerprint density at radius 3 is 2.25 bits per heavy atom. The van der Waals surface area contributed by atoms with E-state index in [-0.39, 0.29) is 11.3 Å². The van der Waals surface area contributed by atoms with Gasteiger partial charge in [0.2, 0.25) is 0 Å². The van der Waals surface area contributed by atoms with Crippen molar-refractivity contribution in [1.82, 2.24) is 0 Å². The van der Waals surface area contributed by atoms with E-state index in [1.54, 1.807) is 0 Å². The number of Topliss-reactive ketones (excluding diaryl/α,β-unsaturated/α-hetero) is 1. The molecule has 6 nitrogen and oxygen atoms in total. The zero-order valence-corrected chi connectivity index (χ0v) is 8.10. The number of fused-ring (bicyclic) bond motifs is 1. The normalized spacial score (nSPS) is 13.2. The summed E-state index contributed by atoms with van der Waals surface area (Å²) >= 11 is 0. The van der Waals surface area contributed by atoms with Crippen LogP contribution in [0.25, 0.3) is 0 Å². The van der Waals surface area contributed by atoms with Gasteiger partial charge in [-0.25, -0.2) is 4.79 Å². The summed E-state index contributed by atoms with van der Waals surface area (Å²) in [6.45, 7) is 0.664. The standard InChI is InChI=1S/C10H8O6/c11-6-4-8-7(15-1-2-16-8)3-5(6)9(12)10(13)14/h3-4,11H,1-2H2,(H,13,14). The number of phenols is 1. The minimum atomic E-state index is -1.63. The van der Waals surface area contributed by atoms with Gasteiger partial charge in [0.1, 0.15) is 19.0 Å². The Hall–Kier alpha value is -2.24. The monoisotopic (exact) mass is 224 g/mol. The summed E-state index contributed by atoms with van der Waals surface area (Å²) < 4.78 is 10.3. The first-order valence-electron chi connectivity index (χ1n) is 4.50. The van der Waals surface area contributed by atoms with Crippen molar-refractivity contribution < 1.29 is 29.3 Å². The first-order chi connectivity index (χ1) is 7.59. The molecular weight excluding hydrogens is 216 g/mol. The maximum atomic E-state index is 11.2. The number of ketones is 1. The van der Waals surface area contributed by atoms with Crippen LogP contribution >= 0.6 is 0 Å². The van der Waals surface area contributed by atoms with Crippen LogP contribution in [0.3, 0.4) is 0 Å². The summed E-state index contributed by atoms with van der Waals surface area (Å²) in [6, 6.07) is 2.34. The van der Waals surface area contributed by atoms with E-state index in [1.807, 2.05) is 0 Å². The molecular formula is C10H8O6. The maximum Gasteiger partial charge on any atom is 0.377 e. The molecule has 84 valence electrons. The van der Waals surface area contributed by atoms with Crippen LogP contribution < -0.4 is 9.47 Å². The molecule has 1 aromatic rings. The number of aromatic hydroxyl groups is 1. The zero-order valence-electron chi connectivity index (χ0n) is 8.10.